The Morgan fingerprint density at radius 3 is 2.56 bits per heavy atom. The number of aryl methyl sites for hydroxylation is 1. The van der Waals surface area contributed by atoms with Crippen LogP contribution in [0.1, 0.15) is 5.82 Å². The lowest BCUT2D eigenvalue weighted by molar-refractivity contribution is 1.03. The molecule has 4 nitrogen and oxygen atoms in total. The standard InChI is InChI=1S/C14H14N4/c1-10-16-13(15-2)12-8-9-18(14(12)17-10)11-6-4-3-5-7-11/h3-9H,1-2H3,(H,15,16,17). The summed E-state index contributed by atoms with van der Waals surface area (Å²) in [7, 11) is 1.88. The number of anilines is 1. The van der Waals surface area contributed by atoms with Crippen molar-refractivity contribution in [3.8, 4) is 5.69 Å². The maximum Gasteiger partial charge on any atom is 0.150 e. The Kier molecular flexibility index (Phi) is 2.48. The van der Waals surface area contributed by atoms with Gasteiger partial charge in [0.05, 0.1) is 5.39 Å². The Hall–Kier alpha value is -2.36. The highest BCUT2D eigenvalue weighted by molar-refractivity contribution is 5.88. The summed E-state index contributed by atoms with van der Waals surface area (Å²) >= 11 is 0. The molecule has 3 rings (SSSR count). The van der Waals surface area contributed by atoms with Gasteiger partial charge < -0.3 is 9.88 Å². The second-order valence-corrected chi connectivity index (χ2v) is 4.13. The molecule has 1 aromatic carbocycles. The third-order valence-electron chi connectivity index (χ3n) is 2.93. The molecule has 18 heavy (non-hydrogen) atoms. The van der Waals surface area contributed by atoms with Gasteiger partial charge in [0.2, 0.25) is 0 Å². The van der Waals surface area contributed by atoms with E-state index in [1.54, 1.807) is 0 Å². The molecule has 0 saturated heterocycles. The summed E-state index contributed by atoms with van der Waals surface area (Å²) in [6.07, 6.45) is 2.02. The second kappa shape index (κ2) is 4.14. The first-order valence-electron chi connectivity index (χ1n) is 5.88. The molecule has 2 aromatic heterocycles. The molecule has 90 valence electrons. The zero-order valence-electron chi connectivity index (χ0n) is 10.4. The summed E-state index contributed by atoms with van der Waals surface area (Å²) in [5.41, 5.74) is 2.03. The molecule has 0 atom stereocenters. The van der Waals surface area contributed by atoms with Crippen LogP contribution in [0.5, 0.6) is 0 Å². The first-order chi connectivity index (χ1) is 8.79. The zero-order chi connectivity index (χ0) is 12.5. The van der Waals surface area contributed by atoms with Gasteiger partial charge in [-0.15, -0.1) is 0 Å². The average Bonchev–Trinajstić information content (AvgIpc) is 2.82. The van der Waals surface area contributed by atoms with E-state index >= 15 is 0 Å². The molecule has 0 radical (unpaired) electrons. The van der Waals surface area contributed by atoms with Gasteiger partial charge in [0.1, 0.15) is 17.3 Å². The fraction of sp³-hybridized carbons (Fsp3) is 0.143. The number of nitrogens with one attached hydrogen (secondary N) is 1. The van der Waals surface area contributed by atoms with Crippen LogP contribution >= 0.6 is 0 Å². The maximum absolute atomic E-state index is 4.53. The number of aromatic nitrogens is 3. The molecular formula is C14H14N4. The number of hydrogen-bond acceptors (Lipinski definition) is 3. The molecule has 3 aromatic rings. The van der Waals surface area contributed by atoms with Crippen LogP contribution in [0.4, 0.5) is 5.82 Å². The first-order valence-corrected chi connectivity index (χ1v) is 5.88. The van der Waals surface area contributed by atoms with Gasteiger partial charge in [0.25, 0.3) is 0 Å². The Labute approximate surface area is 105 Å². The van der Waals surface area contributed by atoms with E-state index in [4.69, 9.17) is 0 Å². The van der Waals surface area contributed by atoms with Crippen LogP contribution in [0.15, 0.2) is 42.6 Å². The Bertz CT molecular complexity index is 686. The summed E-state index contributed by atoms with van der Waals surface area (Å²) in [5.74, 6) is 1.63. The Morgan fingerprint density at radius 1 is 1.06 bits per heavy atom. The number of rotatable bonds is 2. The van der Waals surface area contributed by atoms with Gasteiger partial charge in [-0.1, -0.05) is 18.2 Å². The number of benzene rings is 1. The molecule has 2 heterocycles. The predicted octanol–water partition coefficient (Wildman–Crippen LogP) is 2.77. The van der Waals surface area contributed by atoms with Crippen LogP contribution in [0, 0.1) is 6.92 Å². The lowest BCUT2D eigenvalue weighted by Crippen LogP contribution is -2.00. The minimum absolute atomic E-state index is 0.766. The van der Waals surface area contributed by atoms with Crippen molar-refractivity contribution in [3.63, 3.8) is 0 Å². The summed E-state index contributed by atoms with van der Waals surface area (Å²) in [6, 6.07) is 12.2. The van der Waals surface area contributed by atoms with Gasteiger partial charge in [0.15, 0.2) is 0 Å². The summed E-state index contributed by atoms with van der Waals surface area (Å²) < 4.78 is 2.07. The monoisotopic (exact) mass is 238 g/mol. The number of hydrogen-bond donors (Lipinski definition) is 1. The summed E-state index contributed by atoms with van der Waals surface area (Å²) in [5, 5.41) is 4.15. The SMILES string of the molecule is CNc1nc(C)nc2c1ccn2-c1ccccc1. The van der Waals surface area contributed by atoms with E-state index in [9.17, 15) is 0 Å². The van der Waals surface area contributed by atoms with Crippen LogP contribution in [-0.2, 0) is 0 Å². The van der Waals surface area contributed by atoms with E-state index in [0.29, 0.717) is 0 Å². The molecule has 0 amide bonds. The molecular weight excluding hydrogens is 224 g/mol. The van der Waals surface area contributed by atoms with Crippen molar-refractivity contribution in [2.24, 2.45) is 0 Å². The minimum atomic E-state index is 0.766. The van der Waals surface area contributed by atoms with Crippen molar-refractivity contribution in [2.45, 2.75) is 6.92 Å². The summed E-state index contributed by atoms with van der Waals surface area (Å²) in [4.78, 5) is 8.92. The maximum atomic E-state index is 4.53. The van der Waals surface area contributed by atoms with Crippen molar-refractivity contribution in [1.82, 2.24) is 14.5 Å². The van der Waals surface area contributed by atoms with Gasteiger partial charge in [-0.3, -0.25) is 0 Å². The van der Waals surface area contributed by atoms with Crippen LogP contribution in [-0.4, -0.2) is 21.6 Å². The fourth-order valence-corrected chi connectivity index (χ4v) is 2.11. The second-order valence-electron chi connectivity index (χ2n) is 4.13. The van der Waals surface area contributed by atoms with Crippen LogP contribution in [0.3, 0.4) is 0 Å². The third-order valence-corrected chi connectivity index (χ3v) is 2.93. The van der Waals surface area contributed by atoms with Gasteiger partial charge >= 0.3 is 0 Å². The molecule has 0 aliphatic heterocycles. The molecule has 0 saturated carbocycles. The van der Waals surface area contributed by atoms with Crippen molar-refractivity contribution >= 4 is 16.9 Å². The highest BCUT2D eigenvalue weighted by Gasteiger charge is 2.09. The van der Waals surface area contributed by atoms with Gasteiger partial charge in [-0.2, -0.15) is 0 Å². The van der Waals surface area contributed by atoms with E-state index in [2.05, 4.69) is 32.0 Å². The molecule has 0 aliphatic rings. The lowest BCUT2D eigenvalue weighted by atomic mass is 10.3. The van der Waals surface area contributed by atoms with Crippen LogP contribution < -0.4 is 5.32 Å². The van der Waals surface area contributed by atoms with Crippen molar-refractivity contribution in [2.75, 3.05) is 12.4 Å². The highest BCUT2D eigenvalue weighted by Crippen LogP contribution is 2.23. The van der Waals surface area contributed by atoms with E-state index in [1.165, 1.54) is 0 Å². The van der Waals surface area contributed by atoms with Crippen LogP contribution in [0.25, 0.3) is 16.7 Å². The lowest BCUT2D eigenvalue weighted by Gasteiger charge is -2.06. The average molecular weight is 238 g/mol. The quantitative estimate of drug-likeness (QED) is 0.746. The Balaban J connectivity index is 2.30. The number of fused-ring (bicyclic) bond motifs is 1. The minimum Gasteiger partial charge on any atom is -0.372 e. The third kappa shape index (κ3) is 1.62. The normalized spacial score (nSPS) is 10.8. The number of para-hydroxylation sites is 1. The molecule has 0 fully saturated rings. The molecule has 1 N–H and O–H groups in total. The van der Waals surface area contributed by atoms with E-state index in [1.807, 2.05) is 44.4 Å². The Morgan fingerprint density at radius 2 is 1.83 bits per heavy atom. The van der Waals surface area contributed by atoms with Crippen molar-refractivity contribution < 1.29 is 0 Å². The highest BCUT2D eigenvalue weighted by atomic mass is 15.1. The van der Waals surface area contributed by atoms with Crippen molar-refractivity contribution in [1.29, 1.82) is 0 Å². The molecule has 4 heteroatoms. The zero-order valence-corrected chi connectivity index (χ0v) is 10.4. The smallest absolute Gasteiger partial charge is 0.150 e. The fourth-order valence-electron chi connectivity index (χ4n) is 2.11. The number of nitrogens with zero attached hydrogens (tertiary/aromatic N) is 3. The molecule has 0 bridgehead atoms. The predicted molar refractivity (Wildman–Crippen MR) is 73.1 cm³/mol. The van der Waals surface area contributed by atoms with E-state index < -0.39 is 0 Å². The molecule has 0 unspecified atom stereocenters. The van der Waals surface area contributed by atoms with Gasteiger partial charge in [-0.05, 0) is 25.1 Å². The van der Waals surface area contributed by atoms with Crippen molar-refractivity contribution in [3.05, 3.63) is 48.4 Å². The molecule has 0 aliphatic carbocycles. The van der Waals surface area contributed by atoms with Gasteiger partial charge in [0, 0.05) is 18.9 Å². The largest absolute Gasteiger partial charge is 0.372 e. The van der Waals surface area contributed by atoms with Gasteiger partial charge in [-0.25, -0.2) is 9.97 Å². The molecule has 0 spiro atoms. The topological polar surface area (TPSA) is 42.7 Å². The van der Waals surface area contributed by atoms with E-state index in [-0.39, 0.29) is 0 Å². The van der Waals surface area contributed by atoms with Crippen LogP contribution in [0.2, 0.25) is 0 Å². The van der Waals surface area contributed by atoms with E-state index in [0.717, 1.165) is 28.4 Å². The summed E-state index contributed by atoms with van der Waals surface area (Å²) in [6.45, 7) is 1.91. The first kappa shape index (κ1) is 10.8.